The van der Waals surface area contributed by atoms with Crippen molar-refractivity contribution in [3.8, 4) is 11.4 Å². The second kappa shape index (κ2) is 4.40. The van der Waals surface area contributed by atoms with Gasteiger partial charge in [0.25, 0.3) is 0 Å². The summed E-state index contributed by atoms with van der Waals surface area (Å²) >= 11 is 0. The zero-order valence-corrected chi connectivity index (χ0v) is 9.81. The van der Waals surface area contributed by atoms with Crippen LogP contribution in [-0.2, 0) is 6.18 Å². The predicted octanol–water partition coefficient (Wildman–Crippen LogP) is 2.94. The monoisotopic (exact) mass is 256 g/mol. The van der Waals surface area contributed by atoms with E-state index in [0.29, 0.717) is 0 Å². The lowest BCUT2D eigenvalue weighted by atomic mass is 10.2. The van der Waals surface area contributed by atoms with E-state index in [9.17, 15) is 13.2 Å². The predicted molar refractivity (Wildman–Crippen MR) is 58.6 cm³/mol. The highest BCUT2D eigenvalue weighted by Gasteiger charge is 2.31. The van der Waals surface area contributed by atoms with Gasteiger partial charge in [-0.15, -0.1) is 0 Å². The minimum atomic E-state index is -4.41. The maximum atomic E-state index is 12.5. The highest BCUT2D eigenvalue weighted by Crippen LogP contribution is 2.30. The van der Waals surface area contributed by atoms with Gasteiger partial charge in [0.15, 0.2) is 5.82 Å². The van der Waals surface area contributed by atoms with Crippen LogP contribution in [0.5, 0.6) is 0 Å². The molecule has 0 radical (unpaired) electrons. The Hall–Kier alpha value is -1.92. The van der Waals surface area contributed by atoms with Crippen LogP contribution >= 0.6 is 0 Å². The molecule has 0 amide bonds. The maximum Gasteiger partial charge on any atom is 0.417 e. The van der Waals surface area contributed by atoms with Crippen molar-refractivity contribution < 1.29 is 13.2 Å². The quantitative estimate of drug-likeness (QED) is 0.829. The van der Waals surface area contributed by atoms with Crippen LogP contribution in [0.4, 0.5) is 13.2 Å². The fourth-order valence-corrected chi connectivity index (χ4v) is 1.37. The average molecular weight is 256 g/mol. The average Bonchev–Trinajstić information content (AvgIpc) is 2.77. The molecule has 2 heterocycles. The molecule has 0 aliphatic rings. The summed E-state index contributed by atoms with van der Waals surface area (Å²) in [6, 6.07) is 1.09. The molecule has 96 valence electrons. The van der Waals surface area contributed by atoms with E-state index in [1.54, 1.807) is 4.68 Å². The first kappa shape index (κ1) is 12.5. The Bertz CT molecular complexity index is 545. The lowest BCUT2D eigenvalue weighted by Gasteiger charge is -2.06. The Morgan fingerprint density at radius 3 is 2.50 bits per heavy atom. The largest absolute Gasteiger partial charge is 0.417 e. The lowest BCUT2D eigenvalue weighted by molar-refractivity contribution is -0.137. The molecule has 0 saturated carbocycles. The molecule has 0 unspecified atom stereocenters. The molecule has 2 aromatic rings. The standard InChI is InChI=1S/C11H11F3N4/c1-7(2)18-6-16-10(17-18)8-3-9(5-15-4-8)11(12,13)14/h3-7H,1-2H3. The summed E-state index contributed by atoms with van der Waals surface area (Å²) in [5.74, 6) is 0.238. The number of hydrogen-bond donors (Lipinski definition) is 0. The zero-order chi connectivity index (χ0) is 13.3. The van der Waals surface area contributed by atoms with E-state index in [-0.39, 0.29) is 17.4 Å². The van der Waals surface area contributed by atoms with Crippen LogP contribution in [0.25, 0.3) is 11.4 Å². The van der Waals surface area contributed by atoms with E-state index in [0.717, 1.165) is 12.3 Å². The number of halogens is 3. The van der Waals surface area contributed by atoms with Gasteiger partial charge in [0.05, 0.1) is 5.56 Å². The summed E-state index contributed by atoms with van der Waals surface area (Å²) in [6.45, 7) is 3.81. The van der Waals surface area contributed by atoms with Crippen molar-refractivity contribution in [3.63, 3.8) is 0 Å². The molecular formula is C11H11F3N4. The molecule has 18 heavy (non-hydrogen) atoms. The van der Waals surface area contributed by atoms with E-state index < -0.39 is 11.7 Å². The van der Waals surface area contributed by atoms with Crippen LogP contribution in [0.1, 0.15) is 25.5 Å². The topological polar surface area (TPSA) is 43.6 Å². The van der Waals surface area contributed by atoms with Crippen molar-refractivity contribution in [1.29, 1.82) is 0 Å². The van der Waals surface area contributed by atoms with E-state index >= 15 is 0 Å². The van der Waals surface area contributed by atoms with Gasteiger partial charge in [-0.3, -0.25) is 4.98 Å². The number of pyridine rings is 1. The van der Waals surface area contributed by atoms with E-state index in [1.807, 2.05) is 13.8 Å². The van der Waals surface area contributed by atoms with Gasteiger partial charge in [-0.1, -0.05) is 0 Å². The molecule has 0 spiro atoms. The summed E-state index contributed by atoms with van der Waals surface area (Å²) < 4.78 is 39.2. The molecule has 0 atom stereocenters. The zero-order valence-electron chi connectivity index (χ0n) is 9.81. The van der Waals surface area contributed by atoms with Crippen LogP contribution in [0, 0.1) is 0 Å². The molecular weight excluding hydrogens is 245 g/mol. The van der Waals surface area contributed by atoms with E-state index in [4.69, 9.17) is 0 Å². The highest BCUT2D eigenvalue weighted by atomic mass is 19.4. The van der Waals surface area contributed by atoms with Crippen molar-refractivity contribution in [2.24, 2.45) is 0 Å². The lowest BCUT2D eigenvalue weighted by Crippen LogP contribution is -2.05. The third-order valence-electron chi connectivity index (χ3n) is 2.36. The molecule has 0 fully saturated rings. The Kier molecular flexibility index (Phi) is 3.06. The Balaban J connectivity index is 2.38. The van der Waals surface area contributed by atoms with Crippen LogP contribution in [0.15, 0.2) is 24.8 Å². The molecule has 2 rings (SSSR count). The van der Waals surface area contributed by atoms with Crippen molar-refractivity contribution in [3.05, 3.63) is 30.4 Å². The normalized spacial score (nSPS) is 12.1. The van der Waals surface area contributed by atoms with Crippen molar-refractivity contribution in [2.45, 2.75) is 26.1 Å². The van der Waals surface area contributed by atoms with Gasteiger partial charge >= 0.3 is 6.18 Å². The summed E-state index contributed by atoms with van der Waals surface area (Å²) in [5, 5.41) is 4.10. The number of alkyl halides is 3. The maximum absolute atomic E-state index is 12.5. The summed E-state index contributed by atoms with van der Waals surface area (Å²) in [6.07, 6.45) is -0.831. The van der Waals surface area contributed by atoms with Crippen molar-refractivity contribution in [1.82, 2.24) is 19.7 Å². The molecule has 4 nitrogen and oxygen atoms in total. The van der Waals surface area contributed by atoms with E-state index in [1.165, 1.54) is 12.5 Å². The molecule has 0 aliphatic carbocycles. The van der Waals surface area contributed by atoms with Gasteiger partial charge in [0, 0.05) is 24.0 Å². The Morgan fingerprint density at radius 1 is 1.22 bits per heavy atom. The highest BCUT2D eigenvalue weighted by molar-refractivity contribution is 5.53. The van der Waals surface area contributed by atoms with Gasteiger partial charge in [-0.2, -0.15) is 18.3 Å². The van der Waals surface area contributed by atoms with E-state index in [2.05, 4.69) is 15.1 Å². The molecule has 0 aromatic carbocycles. The molecule has 7 heteroatoms. The first-order valence-corrected chi connectivity index (χ1v) is 5.31. The van der Waals surface area contributed by atoms with Gasteiger partial charge in [-0.25, -0.2) is 9.67 Å². The minimum Gasteiger partial charge on any atom is -0.263 e. The van der Waals surface area contributed by atoms with Crippen LogP contribution in [0.2, 0.25) is 0 Å². The van der Waals surface area contributed by atoms with Crippen LogP contribution in [-0.4, -0.2) is 19.7 Å². The fraction of sp³-hybridized carbons (Fsp3) is 0.364. The summed E-state index contributed by atoms with van der Waals surface area (Å²) in [4.78, 5) is 7.55. The first-order chi connectivity index (χ1) is 8.38. The second-order valence-corrected chi connectivity index (χ2v) is 4.10. The molecule has 0 N–H and O–H groups in total. The first-order valence-electron chi connectivity index (χ1n) is 5.31. The number of nitrogens with zero attached hydrogens (tertiary/aromatic N) is 4. The molecule has 0 aliphatic heterocycles. The summed E-state index contributed by atoms with van der Waals surface area (Å²) in [7, 11) is 0. The Morgan fingerprint density at radius 2 is 1.94 bits per heavy atom. The van der Waals surface area contributed by atoms with Gasteiger partial charge in [-0.05, 0) is 19.9 Å². The third-order valence-corrected chi connectivity index (χ3v) is 2.36. The smallest absolute Gasteiger partial charge is 0.263 e. The Labute approximate surface area is 101 Å². The van der Waals surface area contributed by atoms with Crippen molar-refractivity contribution >= 4 is 0 Å². The molecule has 0 bridgehead atoms. The van der Waals surface area contributed by atoms with Crippen LogP contribution < -0.4 is 0 Å². The fourth-order valence-electron chi connectivity index (χ4n) is 1.37. The number of aromatic nitrogens is 4. The van der Waals surface area contributed by atoms with Gasteiger partial charge in [0.2, 0.25) is 0 Å². The van der Waals surface area contributed by atoms with Crippen molar-refractivity contribution in [2.75, 3.05) is 0 Å². The minimum absolute atomic E-state index is 0.102. The second-order valence-electron chi connectivity index (χ2n) is 4.10. The number of hydrogen-bond acceptors (Lipinski definition) is 3. The summed E-state index contributed by atoms with van der Waals surface area (Å²) in [5.41, 5.74) is -0.551. The van der Waals surface area contributed by atoms with Gasteiger partial charge in [0.1, 0.15) is 6.33 Å². The third kappa shape index (κ3) is 2.49. The van der Waals surface area contributed by atoms with Crippen LogP contribution in [0.3, 0.4) is 0 Å². The number of rotatable bonds is 2. The SMILES string of the molecule is CC(C)n1cnc(-c2cncc(C(F)(F)F)c2)n1. The van der Waals surface area contributed by atoms with Gasteiger partial charge < -0.3 is 0 Å². The molecule has 0 saturated heterocycles. The molecule has 2 aromatic heterocycles.